The number of allylic oxidation sites excluding steroid dienone is 1. The fourth-order valence-electron chi connectivity index (χ4n) is 2.84. The molecule has 0 aliphatic heterocycles. The number of aromatic nitrogens is 1. The summed E-state index contributed by atoms with van der Waals surface area (Å²) in [7, 11) is 0. The van der Waals surface area contributed by atoms with Crippen LogP contribution in [0.3, 0.4) is 0 Å². The van der Waals surface area contributed by atoms with Crippen LogP contribution in [0, 0.1) is 35.3 Å². The molecule has 5 heteroatoms. The molecule has 2 aromatic rings. The van der Waals surface area contributed by atoms with Crippen LogP contribution in [0.4, 0.5) is 5.69 Å². The van der Waals surface area contributed by atoms with E-state index in [0.717, 1.165) is 17.0 Å². The van der Waals surface area contributed by atoms with Crippen LogP contribution in [0.2, 0.25) is 0 Å². The molecule has 23 heavy (non-hydrogen) atoms. The van der Waals surface area contributed by atoms with E-state index >= 15 is 0 Å². The largest absolute Gasteiger partial charge is 0.346 e. The molecule has 0 atom stereocenters. The van der Waals surface area contributed by atoms with Gasteiger partial charge in [-0.05, 0) is 63.1 Å². The van der Waals surface area contributed by atoms with Crippen molar-refractivity contribution in [2.24, 2.45) is 0 Å². The molecule has 2 rings (SSSR count). The zero-order valence-corrected chi connectivity index (χ0v) is 13.7. The van der Waals surface area contributed by atoms with E-state index in [1.165, 1.54) is 12.1 Å². The van der Waals surface area contributed by atoms with E-state index < -0.39 is 4.92 Å². The summed E-state index contributed by atoms with van der Waals surface area (Å²) in [6, 6.07) is 10.6. The van der Waals surface area contributed by atoms with Crippen LogP contribution in [0.5, 0.6) is 0 Å². The van der Waals surface area contributed by atoms with Gasteiger partial charge in [-0.2, -0.15) is 5.26 Å². The molecule has 118 valence electrons. The van der Waals surface area contributed by atoms with Gasteiger partial charge < -0.3 is 4.57 Å². The van der Waals surface area contributed by atoms with Crippen molar-refractivity contribution in [2.45, 2.75) is 33.7 Å². The zero-order valence-electron chi connectivity index (χ0n) is 13.7. The molecule has 1 aromatic carbocycles. The van der Waals surface area contributed by atoms with Crippen molar-refractivity contribution in [3.8, 4) is 6.07 Å². The van der Waals surface area contributed by atoms with E-state index in [-0.39, 0.29) is 5.69 Å². The minimum absolute atomic E-state index is 0.0176. The van der Waals surface area contributed by atoms with E-state index in [1.54, 1.807) is 12.1 Å². The minimum atomic E-state index is -0.449. The van der Waals surface area contributed by atoms with Gasteiger partial charge in [0, 0.05) is 29.6 Å². The molecule has 0 bridgehead atoms. The predicted molar refractivity (Wildman–Crippen MR) is 90.9 cm³/mol. The number of benzene rings is 1. The summed E-state index contributed by atoms with van der Waals surface area (Å²) in [6.45, 7) is 8.32. The molecule has 0 spiro atoms. The van der Waals surface area contributed by atoms with Gasteiger partial charge in [-0.25, -0.2) is 0 Å². The second-order valence-corrected chi connectivity index (χ2v) is 5.76. The van der Waals surface area contributed by atoms with Crippen molar-refractivity contribution >= 4 is 17.3 Å². The Labute approximate surface area is 135 Å². The lowest BCUT2D eigenvalue weighted by Crippen LogP contribution is -2.04. The average Bonchev–Trinajstić information content (AvgIpc) is 2.79. The molecule has 0 unspecified atom stereocenters. The summed E-state index contributed by atoms with van der Waals surface area (Å²) in [6.07, 6.45) is 1.84. The summed E-state index contributed by atoms with van der Waals surface area (Å²) < 4.78 is 2.22. The van der Waals surface area contributed by atoms with Gasteiger partial charge in [0.05, 0.1) is 16.6 Å². The van der Waals surface area contributed by atoms with Gasteiger partial charge in [-0.1, -0.05) is 0 Å². The van der Waals surface area contributed by atoms with Gasteiger partial charge in [-0.15, -0.1) is 0 Å². The fraction of sp³-hybridized carbons (Fsp3) is 0.278. The first-order valence-corrected chi connectivity index (χ1v) is 7.40. The molecular formula is C18H19N3O2. The average molecular weight is 309 g/mol. The van der Waals surface area contributed by atoms with Gasteiger partial charge in [0.2, 0.25) is 0 Å². The molecule has 1 aromatic heterocycles. The normalized spacial score (nSPS) is 11.6. The standard InChI is InChI=1S/C18H19N3O2/c1-12(2)20-13(3)9-16(14(20)4)10-17(11-19)15-5-7-18(8-6-15)21(22)23/h5-10,12H,1-4H3/b17-10-. The quantitative estimate of drug-likeness (QED) is 0.468. The van der Waals surface area contributed by atoms with Gasteiger partial charge in [0.1, 0.15) is 0 Å². The smallest absolute Gasteiger partial charge is 0.269 e. The number of aryl methyl sites for hydroxylation is 1. The summed E-state index contributed by atoms with van der Waals surface area (Å²) in [5.74, 6) is 0. The van der Waals surface area contributed by atoms with Gasteiger partial charge >= 0.3 is 0 Å². The van der Waals surface area contributed by atoms with E-state index in [1.807, 2.05) is 19.9 Å². The highest BCUT2D eigenvalue weighted by Gasteiger charge is 2.12. The van der Waals surface area contributed by atoms with Gasteiger partial charge in [0.25, 0.3) is 5.69 Å². The Bertz CT molecular complexity index is 806. The lowest BCUT2D eigenvalue weighted by Gasteiger charge is -2.13. The molecule has 0 radical (unpaired) electrons. The summed E-state index contributed by atoms with van der Waals surface area (Å²) >= 11 is 0. The highest BCUT2D eigenvalue weighted by atomic mass is 16.6. The number of rotatable bonds is 4. The number of nitrogens with zero attached hydrogens (tertiary/aromatic N) is 3. The molecule has 0 aliphatic rings. The van der Waals surface area contributed by atoms with E-state index in [9.17, 15) is 15.4 Å². The first-order chi connectivity index (χ1) is 10.8. The van der Waals surface area contributed by atoms with E-state index in [0.29, 0.717) is 17.2 Å². The van der Waals surface area contributed by atoms with Crippen molar-refractivity contribution < 1.29 is 4.92 Å². The van der Waals surface area contributed by atoms with Crippen LogP contribution >= 0.6 is 0 Å². The summed E-state index contributed by atoms with van der Waals surface area (Å²) in [4.78, 5) is 10.3. The molecule has 0 amide bonds. The Morgan fingerprint density at radius 3 is 2.35 bits per heavy atom. The monoisotopic (exact) mass is 309 g/mol. The maximum absolute atomic E-state index is 10.7. The lowest BCUT2D eigenvalue weighted by molar-refractivity contribution is -0.384. The zero-order chi connectivity index (χ0) is 17.1. The third-order valence-electron chi connectivity index (χ3n) is 3.85. The van der Waals surface area contributed by atoms with Gasteiger partial charge in [0.15, 0.2) is 0 Å². The number of nitriles is 1. The minimum Gasteiger partial charge on any atom is -0.346 e. The number of nitro groups is 1. The Morgan fingerprint density at radius 2 is 1.91 bits per heavy atom. The summed E-state index contributed by atoms with van der Waals surface area (Å²) in [5, 5.41) is 20.2. The highest BCUT2D eigenvalue weighted by molar-refractivity contribution is 5.90. The molecule has 0 saturated heterocycles. The predicted octanol–water partition coefficient (Wildman–Crippen LogP) is 4.66. The van der Waals surface area contributed by atoms with E-state index in [4.69, 9.17) is 0 Å². The molecule has 0 fully saturated rings. The van der Waals surface area contributed by atoms with Crippen LogP contribution in [0.15, 0.2) is 30.3 Å². The maximum Gasteiger partial charge on any atom is 0.269 e. The third kappa shape index (κ3) is 3.32. The molecule has 0 N–H and O–H groups in total. The van der Waals surface area contributed by atoms with Crippen molar-refractivity contribution in [1.82, 2.24) is 4.57 Å². The fourth-order valence-corrected chi connectivity index (χ4v) is 2.84. The Hall–Kier alpha value is -2.87. The maximum atomic E-state index is 10.7. The van der Waals surface area contributed by atoms with Crippen LogP contribution in [0.1, 0.15) is 42.4 Å². The first-order valence-electron chi connectivity index (χ1n) is 7.40. The second-order valence-electron chi connectivity index (χ2n) is 5.76. The van der Waals surface area contributed by atoms with Crippen molar-refractivity contribution in [3.63, 3.8) is 0 Å². The number of nitro benzene ring substituents is 1. The Morgan fingerprint density at radius 1 is 1.30 bits per heavy atom. The van der Waals surface area contributed by atoms with Crippen molar-refractivity contribution in [2.75, 3.05) is 0 Å². The van der Waals surface area contributed by atoms with Gasteiger partial charge in [-0.3, -0.25) is 10.1 Å². The SMILES string of the molecule is Cc1cc(/C=C(/C#N)c2ccc([N+](=O)[O-])cc2)c(C)n1C(C)C. The second kappa shape index (κ2) is 6.49. The highest BCUT2D eigenvalue weighted by Crippen LogP contribution is 2.25. The number of non-ortho nitro benzene ring substituents is 1. The van der Waals surface area contributed by atoms with Crippen molar-refractivity contribution in [1.29, 1.82) is 5.26 Å². The van der Waals surface area contributed by atoms with Crippen LogP contribution in [-0.2, 0) is 0 Å². The van der Waals surface area contributed by atoms with Crippen LogP contribution in [0.25, 0.3) is 11.6 Å². The van der Waals surface area contributed by atoms with E-state index in [2.05, 4.69) is 30.6 Å². The first kappa shape index (κ1) is 16.5. The molecule has 0 saturated carbocycles. The molecular weight excluding hydrogens is 290 g/mol. The Kier molecular flexibility index (Phi) is 4.65. The van der Waals surface area contributed by atoms with Crippen LogP contribution in [-0.4, -0.2) is 9.49 Å². The van der Waals surface area contributed by atoms with Crippen molar-refractivity contribution in [3.05, 3.63) is 63.0 Å². The number of hydrogen-bond acceptors (Lipinski definition) is 3. The molecule has 1 heterocycles. The lowest BCUT2D eigenvalue weighted by atomic mass is 10.0. The summed E-state index contributed by atoms with van der Waals surface area (Å²) in [5.41, 5.74) is 4.42. The topological polar surface area (TPSA) is 71.9 Å². The number of hydrogen-bond donors (Lipinski definition) is 0. The third-order valence-corrected chi connectivity index (χ3v) is 3.85. The Balaban J connectivity index is 2.46. The molecule has 0 aliphatic carbocycles. The van der Waals surface area contributed by atoms with Crippen LogP contribution < -0.4 is 0 Å². The molecule has 5 nitrogen and oxygen atoms in total.